The van der Waals surface area contributed by atoms with Crippen LogP contribution >= 0.6 is 0 Å². The van der Waals surface area contributed by atoms with Crippen LogP contribution < -0.4 is 5.32 Å². The average molecular weight is 308 g/mol. The van der Waals surface area contributed by atoms with Gasteiger partial charge in [-0.2, -0.15) is 0 Å². The van der Waals surface area contributed by atoms with Crippen molar-refractivity contribution in [3.63, 3.8) is 0 Å². The first kappa shape index (κ1) is 15.3. The third kappa shape index (κ3) is 3.42. The number of likely N-dealkylation sites (tertiary alicyclic amines) is 1. The quantitative estimate of drug-likeness (QED) is 0.886. The van der Waals surface area contributed by atoms with Crippen LogP contribution in [0.4, 0.5) is 0 Å². The van der Waals surface area contributed by atoms with E-state index in [0.717, 1.165) is 30.2 Å². The molecule has 0 bridgehead atoms. The van der Waals surface area contributed by atoms with E-state index in [1.54, 1.807) is 4.90 Å². The number of carbonyl (C=O) groups is 2. The van der Waals surface area contributed by atoms with Crippen molar-refractivity contribution < 1.29 is 9.59 Å². The Morgan fingerprint density at radius 1 is 1.17 bits per heavy atom. The van der Waals surface area contributed by atoms with Gasteiger partial charge in [-0.05, 0) is 41.8 Å². The molecule has 2 amide bonds. The molecule has 0 radical (unpaired) electrons. The molecule has 1 fully saturated rings. The summed E-state index contributed by atoms with van der Waals surface area (Å²) in [6.45, 7) is 4.79. The van der Waals surface area contributed by atoms with Gasteiger partial charge in [0.05, 0.1) is 0 Å². The molecule has 1 aliphatic heterocycles. The van der Waals surface area contributed by atoms with Gasteiger partial charge < -0.3 is 10.2 Å². The molecule has 1 N–H and O–H groups in total. The normalized spacial score (nSPS) is 17.7. The Kier molecular flexibility index (Phi) is 4.42. The van der Waals surface area contributed by atoms with E-state index in [2.05, 4.69) is 11.9 Å². The van der Waals surface area contributed by atoms with Crippen LogP contribution in [0.1, 0.15) is 23.2 Å². The van der Waals surface area contributed by atoms with E-state index < -0.39 is 0 Å². The Morgan fingerprint density at radius 2 is 1.96 bits per heavy atom. The summed E-state index contributed by atoms with van der Waals surface area (Å²) in [6, 6.07) is 13.7. The molecule has 4 heteroatoms. The first-order chi connectivity index (χ1) is 11.2. The predicted octanol–water partition coefficient (Wildman–Crippen LogP) is 2.75. The van der Waals surface area contributed by atoms with E-state index in [-0.39, 0.29) is 17.9 Å². The second-order valence-electron chi connectivity index (χ2n) is 5.86. The van der Waals surface area contributed by atoms with Crippen LogP contribution in [0, 0.1) is 0 Å². The first-order valence-corrected chi connectivity index (χ1v) is 7.88. The minimum atomic E-state index is -0.0892. The summed E-state index contributed by atoms with van der Waals surface area (Å²) >= 11 is 0. The van der Waals surface area contributed by atoms with Gasteiger partial charge >= 0.3 is 0 Å². The number of hydrogen-bond acceptors (Lipinski definition) is 2. The van der Waals surface area contributed by atoms with Gasteiger partial charge in [0.15, 0.2) is 0 Å². The molecule has 1 heterocycles. The van der Waals surface area contributed by atoms with Crippen LogP contribution in [0.2, 0.25) is 0 Å². The number of benzene rings is 2. The van der Waals surface area contributed by atoms with Crippen molar-refractivity contribution in [1.29, 1.82) is 0 Å². The van der Waals surface area contributed by atoms with Crippen LogP contribution in [0.15, 0.2) is 55.1 Å². The number of hydrogen-bond donors (Lipinski definition) is 1. The van der Waals surface area contributed by atoms with Crippen molar-refractivity contribution in [2.24, 2.45) is 0 Å². The van der Waals surface area contributed by atoms with E-state index in [1.807, 2.05) is 42.5 Å². The van der Waals surface area contributed by atoms with E-state index >= 15 is 0 Å². The summed E-state index contributed by atoms with van der Waals surface area (Å²) in [5.74, 6) is -0.164. The summed E-state index contributed by atoms with van der Waals surface area (Å²) in [5, 5.41) is 5.21. The highest BCUT2D eigenvalue weighted by atomic mass is 16.2. The molecule has 118 valence electrons. The van der Waals surface area contributed by atoms with Crippen molar-refractivity contribution >= 4 is 22.6 Å². The highest BCUT2D eigenvalue weighted by molar-refractivity contribution is 5.98. The third-order valence-electron chi connectivity index (χ3n) is 4.25. The molecular weight excluding hydrogens is 288 g/mol. The van der Waals surface area contributed by atoms with Crippen LogP contribution in [-0.4, -0.2) is 35.8 Å². The maximum Gasteiger partial charge on any atom is 0.251 e. The van der Waals surface area contributed by atoms with Gasteiger partial charge in [0.25, 0.3) is 5.91 Å². The summed E-state index contributed by atoms with van der Waals surface area (Å²) in [4.78, 5) is 25.9. The zero-order valence-electron chi connectivity index (χ0n) is 13.0. The number of nitrogens with zero attached hydrogens (tertiary/aromatic N) is 1. The first-order valence-electron chi connectivity index (χ1n) is 7.88. The van der Waals surface area contributed by atoms with Gasteiger partial charge in [-0.3, -0.25) is 9.59 Å². The highest BCUT2D eigenvalue weighted by Crippen LogP contribution is 2.16. The average Bonchev–Trinajstić information content (AvgIpc) is 2.60. The van der Waals surface area contributed by atoms with Crippen LogP contribution in [0.3, 0.4) is 0 Å². The van der Waals surface area contributed by atoms with Gasteiger partial charge in [0.1, 0.15) is 0 Å². The van der Waals surface area contributed by atoms with Crippen molar-refractivity contribution in [3.05, 3.63) is 60.7 Å². The highest BCUT2D eigenvalue weighted by Gasteiger charge is 2.23. The Balaban J connectivity index is 1.70. The molecule has 1 atom stereocenters. The summed E-state index contributed by atoms with van der Waals surface area (Å²) in [6.07, 6.45) is 3.11. The van der Waals surface area contributed by atoms with Crippen molar-refractivity contribution in [2.75, 3.05) is 13.1 Å². The Labute approximate surface area is 135 Å². The molecule has 23 heavy (non-hydrogen) atoms. The van der Waals surface area contributed by atoms with Crippen LogP contribution in [0.25, 0.3) is 10.8 Å². The van der Waals surface area contributed by atoms with Gasteiger partial charge in [-0.1, -0.05) is 36.9 Å². The number of nitrogens with one attached hydrogen (secondary N) is 1. The molecule has 0 aliphatic carbocycles. The number of rotatable bonds is 3. The molecule has 1 saturated heterocycles. The molecule has 3 rings (SSSR count). The van der Waals surface area contributed by atoms with E-state index in [9.17, 15) is 9.59 Å². The number of carbonyl (C=O) groups excluding carboxylic acids is 2. The van der Waals surface area contributed by atoms with Gasteiger partial charge in [0, 0.05) is 24.7 Å². The zero-order chi connectivity index (χ0) is 16.2. The monoisotopic (exact) mass is 308 g/mol. The molecule has 0 spiro atoms. The largest absolute Gasteiger partial charge is 0.348 e. The smallest absolute Gasteiger partial charge is 0.251 e. The fraction of sp³-hybridized carbons (Fsp3) is 0.263. The third-order valence-corrected chi connectivity index (χ3v) is 4.25. The van der Waals surface area contributed by atoms with Crippen LogP contribution in [-0.2, 0) is 4.79 Å². The Hall–Kier alpha value is -2.62. The molecule has 2 aromatic rings. The zero-order valence-corrected chi connectivity index (χ0v) is 13.0. The van der Waals surface area contributed by atoms with Crippen molar-refractivity contribution in [2.45, 2.75) is 18.9 Å². The second kappa shape index (κ2) is 6.65. The van der Waals surface area contributed by atoms with Crippen molar-refractivity contribution in [1.82, 2.24) is 10.2 Å². The molecule has 0 aromatic heterocycles. The fourth-order valence-electron chi connectivity index (χ4n) is 3.02. The molecule has 2 aromatic carbocycles. The maximum absolute atomic E-state index is 12.5. The number of piperidine rings is 1. The second-order valence-corrected chi connectivity index (χ2v) is 5.86. The summed E-state index contributed by atoms with van der Waals surface area (Å²) in [5.41, 5.74) is 0.649. The van der Waals surface area contributed by atoms with Crippen LogP contribution in [0.5, 0.6) is 0 Å². The summed E-state index contributed by atoms with van der Waals surface area (Å²) in [7, 11) is 0. The minimum Gasteiger partial charge on any atom is -0.348 e. The SMILES string of the molecule is C=CC(=O)N1CCC[C@H](NC(=O)c2ccc3ccccc3c2)C1. The van der Waals surface area contributed by atoms with Gasteiger partial charge in [-0.15, -0.1) is 0 Å². The molecule has 0 saturated carbocycles. The molecular formula is C19H20N2O2. The topological polar surface area (TPSA) is 49.4 Å². The van der Waals surface area contributed by atoms with Gasteiger partial charge in [0.2, 0.25) is 5.91 Å². The van der Waals surface area contributed by atoms with Gasteiger partial charge in [-0.25, -0.2) is 0 Å². The maximum atomic E-state index is 12.5. The predicted molar refractivity (Wildman–Crippen MR) is 91.2 cm³/mol. The molecule has 0 unspecified atom stereocenters. The lowest BCUT2D eigenvalue weighted by Crippen LogP contribution is -2.49. The fourth-order valence-corrected chi connectivity index (χ4v) is 3.02. The number of fused-ring (bicyclic) bond motifs is 1. The lowest BCUT2D eigenvalue weighted by atomic mass is 10.0. The number of amides is 2. The minimum absolute atomic E-state index is 0.00776. The standard InChI is InChI=1S/C19H20N2O2/c1-2-18(22)21-11-5-8-17(13-21)20-19(23)16-10-9-14-6-3-4-7-15(14)12-16/h2-4,6-7,9-10,12,17H,1,5,8,11,13H2,(H,20,23)/t17-/m0/s1. The molecule has 4 nitrogen and oxygen atoms in total. The lowest BCUT2D eigenvalue weighted by molar-refractivity contribution is -0.127. The van der Waals surface area contributed by atoms with E-state index in [4.69, 9.17) is 0 Å². The Morgan fingerprint density at radius 3 is 2.74 bits per heavy atom. The summed E-state index contributed by atoms with van der Waals surface area (Å²) < 4.78 is 0. The van der Waals surface area contributed by atoms with E-state index in [1.165, 1.54) is 6.08 Å². The molecule has 1 aliphatic rings. The Bertz CT molecular complexity index is 754. The van der Waals surface area contributed by atoms with Crippen molar-refractivity contribution in [3.8, 4) is 0 Å². The van der Waals surface area contributed by atoms with E-state index in [0.29, 0.717) is 12.1 Å². The lowest BCUT2D eigenvalue weighted by Gasteiger charge is -2.32.